The fraction of sp³-hybridized carbons (Fsp3) is 0.0952. The molecule has 2 heterocycles. The third-order valence-electron chi connectivity index (χ3n) is 4.65. The summed E-state index contributed by atoms with van der Waals surface area (Å²) < 4.78 is 70.9. The van der Waals surface area contributed by atoms with E-state index in [9.17, 15) is 22.4 Å². The molecule has 0 spiro atoms. The van der Waals surface area contributed by atoms with Gasteiger partial charge < -0.3 is 18.9 Å². The number of aldehydes is 1. The standard InChI is InChI=1S/C21H10F4O5/c22-20(23)27-16-6-4-11(8-18(16)29-20)13-2-1-3-14(15(13)10-26)12-5-7-17-19(9-12)30-21(24,25)28-17/h1-10H. The van der Waals surface area contributed by atoms with Crippen LogP contribution in [0.2, 0.25) is 0 Å². The molecule has 2 aliphatic heterocycles. The number of ether oxygens (including phenoxy) is 4. The quantitative estimate of drug-likeness (QED) is 0.417. The van der Waals surface area contributed by atoms with E-state index < -0.39 is 12.6 Å². The van der Waals surface area contributed by atoms with Crippen molar-refractivity contribution in [2.45, 2.75) is 12.6 Å². The van der Waals surface area contributed by atoms with Crippen molar-refractivity contribution in [3.05, 3.63) is 60.2 Å². The summed E-state index contributed by atoms with van der Waals surface area (Å²) in [6.07, 6.45) is -6.92. The first-order valence-corrected chi connectivity index (χ1v) is 8.63. The normalized spacial score (nSPS) is 17.1. The highest BCUT2D eigenvalue weighted by Gasteiger charge is 2.44. The zero-order chi connectivity index (χ0) is 21.1. The van der Waals surface area contributed by atoms with Crippen LogP contribution in [0.1, 0.15) is 10.4 Å². The molecule has 2 aliphatic rings. The first kappa shape index (κ1) is 18.3. The average Bonchev–Trinajstić information content (AvgIpc) is 3.18. The number of benzene rings is 3. The highest BCUT2D eigenvalue weighted by Crippen LogP contribution is 2.45. The van der Waals surface area contributed by atoms with Gasteiger partial charge in [0.2, 0.25) is 0 Å². The number of carbonyl (C=O) groups is 1. The molecule has 3 aromatic carbocycles. The van der Waals surface area contributed by atoms with Gasteiger partial charge in [0.25, 0.3) is 0 Å². The number of halogens is 4. The van der Waals surface area contributed by atoms with Gasteiger partial charge in [-0.25, -0.2) is 0 Å². The minimum absolute atomic E-state index is 0.121. The summed E-state index contributed by atoms with van der Waals surface area (Å²) in [6, 6.07) is 13.2. The van der Waals surface area contributed by atoms with E-state index in [4.69, 9.17) is 0 Å². The molecule has 30 heavy (non-hydrogen) atoms. The van der Waals surface area contributed by atoms with Gasteiger partial charge in [-0.15, -0.1) is 17.6 Å². The van der Waals surface area contributed by atoms with Crippen molar-refractivity contribution in [2.75, 3.05) is 0 Å². The van der Waals surface area contributed by atoms with Gasteiger partial charge >= 0.3 is 12.6 Å². The van der Waals surface area contributed by atoms with E-state index in [0.717, 1.165) is 0 Å². The summed E-state index contributed by atoms with van der Waals surface area (Å²) in [6.45, 7) is 0. The van der Waals surface area contributed by atoms with Crippen LogP contribution in [0.5, 0.6) is 23.0 Å². The average molecular weight is 418 g/mol. The van der Waals surface area contributed by atoms with E-state index in [0.29, 0.717) is 28.5 Å². The van der Waals surface area contributed by atoms with E-state index in [1.54, 1.807) is 18.2 Å². The Labute approximate surface area is 166 Å². The molecule has 0 aliphatic carbocycles. The van der Waals surface area contributed by atoms with Crippen molar-refractivity contribution in [3.8, 4) is 45.3 Å². The van der Waals surface area contributed by atoms with Crippen LogP contribution in [-0.4, -0.2) is 18.9 Å². The van der Waals surface area contributed by atoms with Crippen LogP contribution in [-0.2, 0) is 0 Å². The topological polar surface area (TPSA) is 54.0 Å². The Morgan fingerprint density at radius 3 is 1.50 bits per heavy atom. The van der Waals surface area contributed by atoms with Gasteiger partial charge in [0.1, 0.15) is 0 Å². The lowest BCUT2D eigenvalue weighted by Gasteiger charge is -2.12. The van der Waals surface area contributed by atoms with Gasteiger partial charge in [0.15, 0.2) is 29.3 Å². The summed E-state index contributed by atoms with van der Waals surface area (Å²) in [5.41, 5.74) is 1.98. The molecule has 152 valence electrons. The van der Waals surface area contributed by atoms with Crippen LogP contribution in [0.4, 0.5) is 17.6 Å². The van der Waals surface area contributed by atoms with Crippen molar-refractivity contribution < 1.29 is 41.3 Å². The third-order valence-corrected chi connectivity index (χ3v) is 4.65. The van der Waals surface area contributed by atoms with Crippen molar-refractivity contribution >= 4 is 6.29 Å². The molecular weight excluding hydrogens is 408 g/mol. The Bertz CT molecular complexity index is 1110. The van der Waals surface area contributed by atoms with E-state index in [2.05, 4.69) is 18.9 Å². The van der Waals surface area contributed by atoms with E-state index in [1.165, 1.54) is 36.4 Å². The van der Waals surface area contributed by atoms with Crippen molar-refractivity contribution in [3.63, 3.8) is 0 Å². The van der Waals surface area contributed by atoms with Crippen LogP contribution in [0.15, 0.2) is 54.6 Å². The van der Waals surface area contributed by atoms with Crippen LogP contribution in [0.3, 0.4) is 0 Å². The number of carbonyl (C=O) groups excluding carboxylic acids is 1. The molecule has 9 heteroatoms. The highest BCUT2D eigenvalue weighted by atomic mass is 19.3. The Morgan fingerprint density at radius 1 is 0.633 bits per heavy atom. The summed E-state index contributed by atoms with van der Waals surface area (Å²) in [7, 11) is 0. The minimum Gasteiger partial charge on any atom is -0.395 e. The van der Waals surface area contributed by atoms with Crippen LogP contribution >= 0.6 is 0 Å². The molecule has 0 aromatic heterocycles. The maximum Gasteiger partial charge on any atom is 0.586 e. The summed E-state index contributed by atoms with van der Waals surface area (Å²) in [5, 5.41) is 0. The van der Waals surface area contributed by atoms with E-state index >= 15 is 0 Å². The smallest absolute Gasteiger partial charge is 0.395 e. The largest absolute Gasteiger partial charge is 0.586 e. The van der Waals surface area contributed by atoms with Gasteiger partial charge in [0, 0.05) is 5.56 Å². The van der Waals surface area contributed by atoms with Crippen molar-refractivity contribution in [2.24, 2.45) is 0 Å². The number of alkyl halides is 4. The summed E-state index contributed by atoms with van der Waals surface area (Å²) in [5.74, 6) is -0.566. The molecule has 5 rings (SSSR count). The number of hydrogen-bond acceptors (Lipinski definition) is 5. The number of hydrogen-bond donors (Lipinski definition) is 0. The maximum atomic E-state index is 13.3. The molecule has 0 amide bonds. The second kappa shape index (κ2) is 6.12. The van der Waals surface area contributed by atoms with Crippen LogP contribution in [0.25, 0.3) is 22.3 Å². The molecule has 0 fully saturated rings. The van der Waals surface area contributed by atoms with Gasteiger partial charge in [0.05, 0.1) is 0 Å². The first-order chi connectivity index (χ1) is 14.2. The lowest BCUT2D eigenvalue weighted by molar-refractivity contribution is -0.287. The summed E-state index contributed by atoms with van der Waals surface area (Å²) >= 11 is 0. The fourth-order valence-electron chi connectivity index (χ4n) is 3.43. The molecule has 0 unspecified atom stereocenters. The van der Waals surface area contributed by atoms with Gasteiger partial charge in [-0.2, -0.15) is 0 Å². The predicted molar refractivity (Wildman–Crippen MR) is 95.1 cm³/mol. The lowest BCUT2D eigenvalue weighted by atomic mass is 9.92. The Kier molecular flexibility index (Phi) is 3.73. The highest BCUT2D eigenvalue weighted by molar-refractivity contribution is 5.97. The molecule has 5 nitrogen and oxygen atoms in total. The molecule has 0 saturated carbocycles. The SMILES string of the molecule is O=Cc1c(-c2ccc3c(c2)OC(F)(F)O3)cccc1-c1ccc2c(c1)OC(F)(F)O2. The second-order valence-electron chi connectivity index (χ2n) is 6.54. The molecular formula is C21H10F4O5. The Balaban J connectivity index is 1.58. The maximum absolute atomic E-state index is 13.3. The number of fused-ring (bicyclic) bond motifs is 2. The lowest BCUT2D eigenvalue weighted by Crippen LogP contribution is -2.25. The predicted octanol–water partition coefficient (Wildman–Crippen LogP) is 5.48. The van der Waals surface area contributed by atoms with Gasteiger partial charge in [-0.3, -0.25) is 4.79 Å². The molecule has 0 N–H and O–H groups in total. The Morgan fingerprint density at radius 2 is 1.07 bits per heavy atom. The first-order valence-electron chi connectivity index (χ1n) is 8.63. The van der Waals surface area contributed by atoms with E-state index in [1.807, 2.05) is 0 Å². The zero-order valence-corrected chi connectivity index (χ0v) is 14.8. The van der Waals surface area contributed by atoms with E-state index in [-0.39, 0.29) is 28.6 Å². The fourth-order valence-corrected chi connectivity index (χ4v) is 3.43. The van der Waals surface area contributed by atoms with Gasteiger partial charge in [-0.05, 0) is 46.5 Å². The molecule has 3 aromatic rings. The zero-order valence-electron chi connectivity index (χ0n) is 14.8. The van der Waals surface area contributed by atoms with Crippen molar-refractivity contribution in [1.82, 2.24) is 0 Å². The van der Waals surface area contributed by atoms with Crippen molar-refractivity contribution in [1.29, 1.82) is 0 Å². The molecule has 0 bridgehead atoms. The van der Waals surface area contributed by atoms with Gasteiger partial charge in [-0.1, -0.05) is 30.3 Å². The summed E-state index contributed by atoms with van der Waals surface area (Å²) in [4.78, 5) is 11.9. The third kappa shape index (κ3) is 2.99. The second-order valence-corrected chi connectivity index (χ2v) is 6.54. The van der Waals surface area contributed by atoms with Crippen LogP contribution in [0, 0.1) is 0 Å². The monoisotopic (exact) mass is 418 g/mol. The Hall–Kier alpha value is -3.75. The van der Waals surface area contributed by atoms with Crippen LogP contribution < -0.4 is 18.9 Å². The molecule has 0 saturated heterocycles. The minimum atomic E-state index is -3.76. The number of rotatable bonds is 3. The molecule has 0 atom stereocenters. The molecule has 0 radical (unpaired) electrons.